The number of nitrogens with one attached hydrogen (secondary N) is 1. The third kappa shape index (κ3) is 4.33. The van der Waals surface area contributed by atoms with E-state index in [9.17, 15) is 9.18 Å². The van der Waals surface area contributed by atoms with E-state index >= 15 is 0 Å². The number of benzene rings is 2. The molecular weight excluding hydrogens is 427 g/mol. The molecule has 1 aliphatic heterocycles. The zero-order valence-electron chi connectivity index (χ0n) is 17.2. The Morgan fingerprint density at radius 3 is 2.53 bits per heavy atom. The summed E-state index contributed by atoms with van der Waals surface area (Å²) in [6, 6.07) is 15.7. The predicted octanol–water partition coefficient (Wildman–Crippen LogP) is 4.85. The van der Waals surface area contributed by atoms with E-state index in [1.54, 1.807) is 30.5 Å². The highest BCUT2D eigenvalue weighted by Gasteiger charge is 2.22. The second kappa shape index (κ2) is 8.65. The molecule has 4 aromatic rings. The second-order valence-electron chi connectivity index (χ2n) is 7.90. The topological polar surface area (TPSA) is 61.9 Å². The first-order valence-electron chi connectivity index (χ1n) is 10.4. The van der Waals surface area contributed by atoms with Crippen molar-refractivity contribution in [2.45, 2.75) is 19.5 Å². The lowest BCUT2D eigenvalue weighted by Crippen LogP contribution is -2.35. The third-order valence-electron chi connectivity index (χ3n) is 5.64. The number of hydrogen-bond acceptors (Lipinski definition) is 4. The van der Waals surface area contributed by atoms with Crippen LogP contribution in [0.2, 0.25) is 5.02 Å². The number of pyridine rings is 1. The van der Waals surface area contributed by atoms with Gasteiger partial charge < -0.3 is 4.98 Å². The molecule has 5 rings (SSSR count). The Kier molecular flexibility index (Phi) is 5.55. The second-order valence-corrected chi connectivity index (χ2v) is 8.33. The number of hydrogen-bond donors (Lipinski definition) is 1. The molecule has 0 unspecified atom stereocenters. The molecule has 0 aliphatic carbocycles. The number of H-pyrrole nitrogens is 1. The van der Waals surface area contributed by atoms with Gasteiger partial charge in [-0.3, -0.25) is 14.7 Å². The van der Waals surface area contributed by atoms with Gasteiger partial charge in [0.1, 0.15) is 11.6 Å². The van der Waals surface area contributed by atoms with Crippen LogP contribution in [0.15, 0.2) is 71.8 Å². The van der Waals surface area contributed by atoms with Crippen molar-refractivity contribution in [1.29, 1.82) is 0 Å². The zero-order chi connectivity index (χ0) is 22.1. The normalized spacial score (nSPS) is 13.7. The van der Waals surface area contributed by atoms with Crippen molar-refractivity contribution >= 4 is 11.6 Å². The van der Waals surface area contributed by atoms with Crippen LogP contribution in [-0.4, -0.2) is 26.4 Å². The summed E-state index contributed by atoms with van der Waals surface area (Å²) in [5, 5.41) is 0.641. The van der Waals surface area contributed by atoms with Crippen molar-refractivity contribution < 1.29 is 4.39 Å². The highest BCUT2D eigenvalue weighted by atomic mass is 35.5. The van der Waals surface area contributed by atoms with Gasteiger partial charge in [-0.2, -0.15) is 0 Å². The Morgan fingerprint density at radius 1 is 1.00 bits per heavy atom. The standard InChI is InChI=1S/C25H20ClFN4O/c26-20-5-1-18(2-6-20)24-29-23-9-10-31(15-22(23)25(32)30-24)14-16-11-19(13-28-12-16)17-3-7-21(27)8-4-17/h1-8,11-13H,9-10,14-15H2,(H,29,30,32). The molecular formula is C25H20ClFN4O. The molecule has 1 aliphatic rings. The quantitative estimate of drug-likeness (QED) is 0.486. The van der Waals surface area contributed by atoms with E-state index in [4.69, 9.17) is 16.6 Å². The van der Waals surface area contributed by atoms with Crippen LogP contribution in [0, 0.1) is 5.82 Å². The molecule has 0 amide bonds. The van der Waals surface area contributed by atoms with Crippen LogP contribution < -0.4 is 5.56 Å². The molecule has 0 radical (unpaired) electrons. The summed E-state index contributed by atoms with van der Waals surface area (Å²) >= 11 is 5.96. The van der Waals surface area contributed by atoms with Crippen molar-refractivity contribution in [3.8, 4) is 22.5 Å². The Bertz CT molecular complexity index is 1320. The van der Waals surface area contributed by atoms with Gasteiger partial charge in [0.15, 0.2) is 0 Å². The summed E-state index contributed by atoms with van der Waals surface area (Å²) in [4.78, 5) is 27.0. The molecule has 1 N–H and O–H groups in total. The minimum atomic E-state index is -0.261. The average Bonchev–Trinajstić information content (AvgIpc) is 2.80. The summed E-state index contributed by atoms with van der Waals surface area (Å²) in [5.41, 5.74) is 5.16. The molecule has 160 valence electrons. The molecule has 0 spiro atoms. The van der Waals surface area contributed by atoms with Crippen molar-refractivity contribution in [3.05, 3.63) is 105 Å². The minimum Gasteiger partial charge on any atom is -0.306 e. The Hall–Kier alpha value is -3.35. The van der Waals surface area contributed by atoms with E-state index in [-0.39, 0.29) is 11.4 Å². The van der Waals surface area contributed by atoms with E-state index in [1.807, 2.05) is 18.3 Å². The number of aromatic amines is 1. The lowest BCUT2D eigenvalue weighted by molar-refractivity contribution is 0.241. The van der Waals surface area contributed by atoms with Crippen LogP contribution in [-0.2, 0) is 19.5 Å². The molecule has 0 saturated carbocycles. The summed E-state index contributed by atoms with van der Waals surface area (Å²) < 4.78 is 13.2. The highest BCUT2D eigenvalue weighted by molar-refractivity contribution is 6.30. The van der Waals surface area contributed by atoms with Crippen LogP contribution in [0.5, 0.6) is 0 Å². The fourth-order valence-electron chi connectivity index (χ4n) is 3.99. The highest BCUT2D eigenvalue weighted by Crippen LogP contribution is 2.23. The first-order valence-corrected chi connectivity index (χ1v) is 10.7. The van der Waals surface area contributed by atoms with Crippen LogP contribution in [0.25, 0.3) is 22.5 Å². The SMILES string of the molecule is O=c1[nH]c(-c2ccc(Cl)cc2)nc2c1CN(Cc1cncc(-c3ccc(F)cc3)c1)CC2. The largest absolute Gasteiger partial charge is 0.306 e. The molecule has 32 heavy (non-hydrogen) atoms. The first kappa shape index (κ1) is 20.5. The van der Waals surface area contributed by atoms with Crippen LogP contribution in [0.1, 0.15) is 16.8 Å². The van der Waals surface area contributed by atoms with Gasteiger partial charge in [-0.05, 0) is 53.6 Å². The molecule has 0 atom stereocenters. The van der Waals surface area contributed by atoms with E-state index in [0.717, 1.165) is 34.5 Å². The molecule has 7 heteroatoms. The van der Waals surface area contributed by atoms with E-state index < -0.39 is 0 Å². The van der Waals surface area contributed by atoms with Gasteiger partial charge in [0.2, 0.25) is 0 Å². The monoisotopic (exact) mass is 446 g/mol. The van der Waals surface area contributed by atoms with Gasteiger partial charge in [0.25, 0.3) is 5.56 Å². The van der Waals surface area contributed by atoms with Gasteiger partial charge in [0, 0.05) is 54.6 Å². The molecule has 2 aromatic heterocycles. The summed E-state index contributed by atoms with van der Waals surface area (Å²) in [7, 11) is 0. The van der Waals surface area contributed by atoms with E-state index in [1.165, 1.54) is 12.1 Å². The fraction of sp³-hybridized carbons (Fsp3) is 0.160. The van der Waals surface area contributed by atoms with Gasteiger partial charge >= 0.3 is 0 Å². The molecule has 2 aromatic carbocycles. The number of halogens is 2. The van der Waals surface area contributed by atoms with Crippen molar-refractivity contribution in [3.63, 3.8) is 0 Å². The number of aromatic nitrogens is 3. The first-order chi connectivity index (χ1) is 15.5. The maximum absolute atomic E-state index is 13.2. The minimum absolute atomic E-state index is 0.108. The Morgan fingerprint density at radius 2 is 1.75 bits per heavy atom. The van der Waals surface area contributed by atoms with E-state index in [0.29, 0.717) is 35.9 Å². The maximum Gasteiger partial charge on any atom is 0.255 e. The Labute approximate surface area is 189 Å². The van der Waals surface area contributed by atoms with Gasteiger partial charge in [-0.15, -0.1) is 0 Å². The van der Waals surface area contributed by atoms with Gasteiger partial charge in [0.05, 0.1) is 11.3 Å². The van der Waals surface area contributed by atoms with Crippen molar-refractivity contribution in [2.75, 3.05) is 6.54 Å². The number of nitrogens with zero attached hydrogens (tertiary/aromatic N) is 3. The number of fused-ring (bicyclic) bond motifs is 1. The summed E-state index contributed by atoms with van der Waals surface area (Å²) in [6.07, 6.45) is 4.30. The zero-order valence-corrected chi connectivity index (χ0v) is 17.9. The molecule has 0 bridgehead atoms. The maximum atomic E-state index is 13.2. The van der Waals surface area contributed by atoms with Gasteiger partial charge in [-0.25, -0.2) is 9.37 Å². The van der Waals surface area contributed by atoms with Crippen LogP contribution in [0.4, 0.5) is 4.39 Å². The molecule has 0 saturated heterocycles. The Balaban J connectivity index is 1.35. The van der Waals surface area contributed by atoms with Crippen molar-refractivity contribution in [1.82, 2.24) is 19.9 Å². The smallest absolute Gasteiger partial charge is 0.255 e. The average molecular weight is 447 g/mol. The van der Waals surface area contributed by atoms with Crippen LogP contribution >= 0.6 is 11.6 Å². The molecule has 3 heterocycles. The predicted molar refractivity (Wildman–Crippen MR) is 123 cm³/mol. The van der Waals surface area contributed by atoms with Crippen molar-refractivity contribution in [2.24, 2.45) is 0 Å². The lowest BCUT2D eigenvalue weighted by Gasteiger charge is -2.27. The molecule has 0 fully saturated rings. The lowest BCUT2D eigenvalue weighted by atomic mass is 10.0. The summed E-state index contributed by atoms with van der Waals surface area (Å²) in [6.45, 7) is 1.99. The third-order valence-corrected chi connectivity index (χ3v) is 5.90. The van der Waals surface area contributed by atoms with Crippen LogP contribution in [0.3, 0.4) is 0 Å². The fourth-order valence-corrected chi connectivity index (χ4v) is 4.12. The van der Waals surface area contributed by atoms with Gasteiger partial charge in [-0.1, -0.05) is 23.7 Å². The van der Waals surface area contributed by atoms with E-state index in [2.05, 4.69) is 20.9 Å². The number of rotatable bonds is 4. The summed E-state index contributed by atoms with van der Waals surface area (Å²) in [5.74, 6) is 0.304. The molecule has 5 nitrogen and oxygen atoms in total.